The second-order valence-electron chi connectivity index (χ2n) is 4.01. The van der Waals surface area contributed by atoms with Crippen molar-refractivity contribution in [1.29, 1.82) is 0 Å². The van der Waals surface area contributed by atoms with Crippen LogP contribution in [0, 0.1) is 0 Å². The molecule has 2 aromatic carbocycles. The van der Waals surface area contributed by atoms with Crippen molar-refractivity contribution in [1.82, 2.24) is 0 Å². The highest BCUT2D eigenvalue weighted by Crippen LogP contribution is 2.28. The molecular formula is C15H14BrNO2S. The molecule has 2 aromatic rings. The van der Waals surface area contributed by atoms with Crippen molar-refractivity contribution in [3.8, 4) is 17.2 Å². The lowest BCUT2D eigenvalue weighted by molar-refractivity contribution is 0.339. The van der Waals surface area contributed by atoms with Gasteiger partial charge in [-0.15, -0.1) is 0 Å². The van der Waals surface area contributed by atoms with E-state index in [0.717, 1.165) is 21.5 Å². The average molecular weight is 352 g/mol. The highest BCUT2D eigenvalue weighted by atomic mass is 79.9. The topological polar surface area (TPSA) is 44.5 Å². The van der Waals surface area contributed by atoms with Crippen LogP contribution in [-0.2, 0) is 0 Å². The maximum atomic E-state index is 5.76. The quantitative estimate of drug-likeness (QED) is 0.816. The fourth-order valence-corrected chi connectivity index (χ4v) is 2.55. The van der Waals surface area contributed by atoms with Crippen LogP contribution < -0.4 is 15.2 Å². The summed E-state index contributed by atoms with van der Waals surface area (Å²) in [4.78, 5) is 0.351. The molecule has 0 saturated carbocycles. The van der Waals surface area contributed by atoms with Gasteiger partial charge in [-0.25, -0.2) is 0 Å². The van der Waals surface area contributed by atoms with Gasteiger partial charge in [-0.05, 0) is 65.3 Å². The molecule has 0 heterocycles. The molecule has 0 bridgehead atoms. The third-order valence-electron chi connectivity index (χ3n) is 2.58. The largest absolute Gasteiger partial charge is 0.494 e. The molecule has 0 aliphatic heterocycles. The number of rotatable bonds is 5. The number of halogens is 1. The Bertz CT molecular complexity index is 614. The Morgan fingerprint density at radius 2 is 1.70 bits per heavy atom. The van der Waals surface area contributed by atoms with Gasteiger partial charge in [0.1, 0.15) is 22.2 Å². The SMILES string of the molecule is CCOc1ccc(Oc2ccc(C(N)=S)c(Br)c2)cc1. The van der Waals surface area contributed by atoms with Crippen molar-refractivity contribution < 1.29 is 9.47 Å². The molecule has 5 heteroatoms. The molecule has 0 fully saturated rings. The fraction of sp³-hybridized carbons (Fsp3) is 0.133. The normalized spacial score (nSPS) is 10.1. The van der Waals surface area contributed by atoms with Crippen molar-refractivity contribution >= 4 is 33.1 Å². The van der Waals surface area contributed by atoms with Crippen molar-refractivity contribution in [2.75, 3.05) is 6.61 Å². The molecule has 0 aliphatic rings. The predicted molar refractivity (Wildman–Crippen MR) is 87.7 cm³/mol. The van der Waals surface area contributed by atoms with Crippen LogP contribution in [0.2, 0.25) is 0 Å². The Labute approximate surface area is 131 Å². The molecule has 2 N–H and O–H groups in total. The molecule has 0 radical (unpaired) electrons. The van der Waals surface area contributed by atoms with E-state index >= 15 is 0 Å². The predicted octanol–water partition coefficient (Wildman–Crippen LogP) is 4.27. The van der Waals surface area contributed by atoms with Crippen molar-refractivity contribution in [3.05, 3.63) is 52.5 Å². The summed E-state index contributed by atoms with van der Waals surface area (Å²) in [6.45, 7) is 2.60. The zero-order valence-electron chi connectivity index (χ0n) is 10.9. The van der Waals surface area contributed by atoms with Crippen LogP contribution in [0.5, 0.6) is 17.2 Å². The Balaban J connectivity index is 2.13. The molecular weight excluding hydrogens is 338 g/mol. The first-order valence-electron chi connectivity index (χ1n) is 6.10. The van der Waals surface area contributed by atoms with Gasteiger partial charge < -0.3 is 15.2 Å². The zero-order valence-corrected chi connectivity index (χ0v) is 13.3. The second-order valence-corrected chi connectivity index (χ2v) is 5.31. The molecule has 0 unspecified atom stereocenters. The minimum Gasteiger partial charge on any atom is -0.494 e. The Morgan fingerprint density at radius 3 is 2.25 bits per heavy atom. The summed E-state index contributed by atoms with van der Waals surface area (Å²) in [6.07, 6.45) is 0. The third kappa shape index (κ3) is 3.71. The van der Waals surface area contributed by atoms with Gasteiger partial charge in [0, 0.05) is 10.0 Å². The molecule has 0 amide bonds. The summed E-state index contributed by atoms with van der Waals surface area (Å²) in [5, 5.41) is 0. The van der Waals surface area contributed by atoms with Crippen molar-refractivity contribution in [3.63, 3.8) is 0 Å². The zero-order chi connectivity index (χ0) is 14.5. The summed E-state index contributed by atoms with van der Waals surface area (Å²) in [5.74, 6) is 2.27. The Hall–Kier alpha value is -1.59. The summed E-state index contributed by atoms with van der Waals surface area (Å²) in [6, 6.07) is 13.0. The number of nitrogens with two attached hydrogens (primary N) is 1. The molecule has 20 heavy (non-hydrogen) atoms. The van der Waals surface area contributed by atoms with Crippen molar-refractivity contribution in [2.45, 2.75) is 6.92 Å². The average Bonchev–Trinajstić information content (AvgIpc) is 2.41. The van der Waals surface area contributed by atoms with Crippen LogP contribution in [0.25, 0.3) is 0 Å². The molecule has 0 aliphatic carbocycles. The summed E-state index contributed by atoms with van der Waals surface area (Å²) in [7, 11) is 0. The molecule has 0 saturated heterocycles. The molecule has 2 rings (SSSR count). The summed E-state index contributed by atoms with van der Waals surface area (Å²) in [5.41, 5.74) is 6.40. The van der Waals surface area contributed by atoms with Gasteiger partial charge in [0.25, 0.3) is 0 Å². The highest BCUT2D eigenvalue weighted by molar-refractivity contribution is 9.10. The van der Waals surface area contributed by atoms with E-state index < -0.39 is 0 Å². The molecule has 3 nitrogen and oxygen atoms in total. The molecule has 104 valence electrons. The minimum absolute atomic E-state index is 0.351. The van der Waals surface area contributed by atoms with E-state index in [1.807, 2.05) is 49.4 Å². The number of thiocarbonyl (C=S) groups is 1. The van der Waals surface area contributed by atoms with Gasteiger partial charge in [-0.3, -0.25) is 0 Å². The highest BCUT2D eigenvalue weighted by Gasteiger charge is 2.05. The number of hydrogen-bond acceptors (Lipinski definition) is 3. The lowest BCUT2D eigenvalue weighted by Crippen LogP contribution is -2.09. The van der Waals surface area contributed by atoms with Crippen molar-refractivity contribution in [2.24, 2.45) is 5.73 Å². The Morgan fingerprint density at radius 1 is 1.10 bits per heavy atom. The van der Waals surface area contributed by atoms with Crippen LogP contribution in [0.3, 0.4) is 0 Å². The lowest BCUT2D eigenvalue weighted by atomic mass is 10.2. The summed E-state index contributed by atoms with van der Waals surface area (Å²) < 4.78 is 12.0. The van der Waals surface area contributed by atoms with Gasteiger partial charge in [0.15, 0.2) is 0 Å². The number of ether oxygens (including phenoxy) is 2. The van der Waals surface area contributed by atoms with E-state index in [2.05, 4.69) is 15.9 Å². The second kappa shape index (κ2) is 6.72. The third-order valence-corrected chi connectivity index (χ3v) is 3.45. The first-order valence-corrected chi connectivity index (χ1v) is 7.30. The van der Waals surface area contributed by atoms with Gasteiger partial charge in [0.05, 0.1) is 6.61 Å². The monoisotopic (exact) mass is 351 g/mol. The molecule has 0 spiro atoms. The van der Waals surface area contributed by atoms with Gasteiger partial charge in [-0.1, -0.05) is 12.2 Å². The first-order chi connectivity index (χ1) is 9.60. The van der Waals surface area contributed by atoms with Crippen LogP contribution in [-0.4, -0.2) is 11.6 Å². The van der Waals surface area contributed by atoms with E-state index in [0.29, 0.717) is 17.3 Å². The fourth-order valence-electron chi connectivity index (χ4n) is 1.67. The first kappa shape index (κ1) is 14.8. The smallest absolute Gasteiger partial charge is 0.128 e. The van der Waals surface area contributed by atoms with E-state index in [1.165, 1.54) is 0 Å². The van der Waals surface area contributed by atoms with E-state index in [-0.39, 0.29) is 0 Å². The van der Waals surface area contributed by atoms with Gasteiger partial charge in [-0.2, -0.15) is 0 Å². The van der Waals surface area contributed by atoms with Gasteiger partial charge >= 0.3 is 0 Å². The van der Waals surface area contributed by atoms with Gasteiger partial charge in [0.2, 0.25) is 0 Å². The number of hydrogen-bond donors (Lipinski definition) is 1. The van der Waals surface area contributed by atoms with E-state index in [9.17, 15) is 0 Å². The maximum absolute atomic E-state index is 5.76. The lowest BCUT2D eigenvalue weighted by Gasteiger charge is -2.09. The van der Waals surface area contributed by atoms with Crippen LogP contribution in [0.1, 0.15) is 12.5 Å². The standard InChI is InChI=1S/C15H14BrNO2S/c1-2-18-10-3-5-11(6-4-10)19-12-7-8-13(15(17)20)14(16)9-12/h3-9H,2H2,1H3,(H2,17,20). The minimum atomic E-state index is 0.351. The molecule has 0 atom stereocenters. The van der Waals surface area contributed by atoms with E-state index in [4.69, 9.17) is 27.4 Å². The van der Waals surface area contributed by atoms with Crippen LogP contribution in [0.15, 0.2) is 46.9 Å². The van der Waals surface area contributed by atoms with Crippen LogP contribution >= 0.6 is 28.1 Å². The van der Waals surface area contributed by atoms with E-state index in [1.54, 1.807) is 0 Å². The summed E-state index contributed by atoms with van der Waals surface area (Å²) >= 11 is 8.38. The number of benzene rings is 2. The maximum Gasteiger partial charge on any atom is 0.128 e. The van der Waals surface area contributed by atoms with Crippen LogP contribution in [0.4, 0.5) is 0 Å². The molecule has 0 aromatic heterocycles. The Kier molecular flexibility index (Phi) is 4.98.